The topological polar surface area (TPSA) is 16.4 Å². The Labute approximate surface area is 298 Å². The van der Waals surface area contributed by atoms with Crippen molar-refractivity contribution in [3.05, 3.63) is 176 Å². The highest BCUT2D eigenvalue weighted by atomic mass is 32.1. The van der Waals surface area contributed by atoms with E-state index in [0.29, 0.717) is 0 Å². The number of thiophene rings is 1. The number of para-hydroxylation sites is 1. The molecule has 3 heteroatoms. The number of nitrogens with zero attached hydrogens (tertiary/aromatic N) is 1. The molecule has 2 nitrogen and oxygen atoms in total. The van der Waals surface area contributed by atoms with E-state index in [2.05, 4.69) is 169 Å². The molecule has 0 saturated carbocycles. The van der Waals surface area contributed by atoms with Gasteiger partial charge in [0.25, 0.3) is 0 Å². The second-order valence-corrected chi connectivity index (χ2v) is 14.4. The summed E-state index contributed by atoms with van der Waals surface area (Å²) < 4.78 is 8.96. The van der Waals surface area contributed by atoms with Crippen LogP contribution in [0.1, 0.15) is 0 Å². The maximum absolute atomic E-state index is 6.38. The molecule has 0 unspecified atom stereocenters. The average Bonchev–Trinajstić information content (AvgIpc) is 3.75. The molecule has 0 spiro atoms. The van der Waals surface area contributed by atoms with Gasteiger partial charge in [-0.15, -0.1) is 11.3 Å². The van der Waals surface area contributed by atoms with Crippen LogP contribution in [0.5, 0.6) is 0 Å². The number of anilines is 3. The monoisotopic (exact) mass is 667 g/mol. The highest BCUT2D eigenvalue weighted by Crippen LogP contribution is 2.44. The molecule has 0 fully saturated rings. The molecule has 0 saturated heterocycles. The van der Waals surface area contributed by atoms with E-state index in [0.717, 1.165) is 39.0 Å². The third kappa shape index (κ3) is 4.42. The van der Waals surface area contributed by atoms with Gasteiger partial charge in [-0.3, -0.25) is 0 Å². The molecule has 11 aromatic rings. The fourth-order valence-electron chi connectivity index (χ4n) is 8.06. The van der Waals surface area contributed by atoms with Crippen LogP contribution in [0.25, 0.3) is 85.6 Å². The molecule has 0 N–H and O–H groups in total. The van der Waals surface area contributed by atoms with Crippen LogP contribution in [0.3, 0.4) is 0 Å². The lowest BCUT2D eigenvalue weighted by atomic mass is 9.91. The first-order chi connectivity index (χ1) is 25.3. The summed E-state index contributed by atoms with van der Waals surface area (Å²) in [6.07, 6.45) is 0. The van der Waals surface area contributed by atoms with Crippen molar-refractivity contribution in [2.24, 2.45) is 0 Å². The van der Waals surface area contributed by atoms with Crippen LogP contribution in [0.2, 0.25) is 0 Å². The molecule has 51 heavy (non-hydrogen) atoms. The number of benzene rings is 9. The van der Waals surface area contributed by atoms with Gasteiger partial charge < -0.3 is 9.32 Å². The molecule has 0 bridgehead atoms. The van der Waals surface area contributed by atoms with Crippen molar-refractivity contribution in [2.75, 3.05) is 4.90 Å². The second kappa shape index (κ2) is 11.0. The highest BCUT2D eigenvalue weighted by Gasteiger charge is 2.18. The van der Waals surface area contributed by atoms with Crippen molar-refractivity contribution in [3.63, 3.8) is 0 Å². The summed E-state index contributed by atoms with van der Waals surface area (Å²) in [7, 11) is 0. The van der Waals surface area contributed by atoms with E-state index >= 15 is 0 Å². The minimum atomic E-state index is 0.883. The third-order valence-electron chi connectivity index (χ3n) is 10.4. The van der Waals surface area contributed by atoms with Crippen LogP contribution < -0.4 is 4.90 Å². The zero-order valence-corrected chi connectivity index (χ0v) is 28.3. The zero-order chi connectivity index (χ0) is 33.5. The highest BCUT2D eigenvalue weighted by molar-refractivity contribution is 7.25. The Balaban J connectivity index is 1.09. The predicted octanol–water partition coefficient (Wildman–Crippen LogP) is 14.6. The largest absolute Gasteiger partial charge is 0.456 e. The van der Waals surface area contributed by atoms with Crippen molar-refractivity contribution >= 4 is 103 Å². The summed E-state index contributed by atoms with van der Waals surface area (Å²) >= 11 is 1.85. The molecular weight excluding hydrogens is 639 g/mol. The quantitative estimate of drug-likeness (QED) is 0.174. The molecule has 2 heterocycles. The molecule has 0 aliphatic carbocycles. The van der Waals surface area contributed by atoms with E-state index in [1.807, 2.05) is 23.5 Å². The predicted molar refractivity (Wildman–Crippen MR) is 219 cm³/mol. The standard InChI is InChI=1S/C48H29NOS/c1-2-10-36-30(9-1)17-18-32-27-43(37-11-3-4-14-42(37)48(32)36)31-19-21-33(22-20-31)49(34-23-25-39-38-12-5-7-15-44(38)50-45(39)28-34)35-24-26-41-40-13-6-8-16-46(40)51-47(41)29-35/h1-29H. The minimum absolute atomic E-state index is 0.883. The van der Waals surface area contributed by atoms with E-state index in [4.69, 9.17) is 4.42 Å². The molecule has 0 radical (unpaired) electrons. The summed E-state index contributed by atoms with van der Waals surface area (Å²) in [4.78, 5) is 2.35. The first kappa shape index (κ1) is 28.4. The Bertz CT molecular complexity index is 3040. The SMILES string of the molecule is c1ccc2c(c1)ccc1cc(-c3ccc(N(c4ccc5c(c4)oc4ccccc45)c4ccc5c(c4)sc4ccccc45)cc3)c3ccccc3c12. The maximum atomic E-state index is 6.38. The first-order valence-electron chi connectivity index (χ1n) is 17.3. The van der Waals surface area contributed by atoms with Crippen molar-refractivity contribution in [3.8, 4) is 11.1 Å². The van der Waals surface area contributed by atoms with E-state index in [-0.39, 0.29) is 0 Å². The normalized spacial score (nSPS) is 11.9. The van der Waals surface area contributed by atoms with Gasteiger partial charge in [-0.2, -0.15) is 0 Å². The molecule has 0 aliphatic rings. The molecular formula is C48H29NOS. The maximum Gasteiger partial charge on any atom is 0.137 e. The summed E-state index contributed by atoms with van der Waals surface area (Å²) in [6.45, 7) is 0. The zero-order valence-electron chi connectivity index (χ0n) is 27.5. The van der Waals surface area contributed by atoms with Gasteiger partial charge in [-0.1, -0.05) is 115 Å². The van der Waals surface area contributed by atoms with Gasteiger partial charge in [-0.25, -0.2) is 0 Å². The number of hydrogen-bond donors (Lipinski definition) is 0. The van der Waals surface area contributed by atoms with Crippen LogP contribution >= 0.6 is 11.3 Å². The van der Waals surface area contributed by atoms with E-state index in [1.54, 1.807) is 0 Å². The Kier molecular flexibility index (Phi) is 6.16. The Hall–Kier alpha value is -6.42. The molecule has 238 valence electrons. The van der Waals surface area contributed by atoms with Crippen LogP contribution in [-0.2, 0) is 0 Å². The number of fused-ring (bicyclic) bond motifs is 11. The van der Waals surface area contributed by atoms with E-state index < -0.39 is 0 Å². The van der Waals surface area contributed by atoms with Gasteiger partial charge in [0.05, 0.1) is 0 Å². The molecule has 2 aromatic heterocycles. The fourth-order valence-corrected chi connectivity index (χ4v) is 9.20. The first-order valence-corrected chi connectivity index (χ1v) is 18.1. The van der Waals surface area contributed by atoms with Crippen molar-refractivity contribution in [1.82, 2.24) is 0 Å². The minimum Gasteiger partial charge on any atom is -0.456 e. The van der Waals surface area contributed by atoms with Crippen molar-refractivity contribution < 1.29 is 4.42 Å². The Morgan fingerprint density at radius 2 is 0.980 bits per heavy atom. The van der Waals surface area contributed by atoms with Crippen LogP contribution in [0.4, 0.5) is 17.1 Å². The van der Waals surface area contributed by atoms with E-state index in [9.17, 15) is 0 Å². The molecule has 0 amide bonds. The third-order valence-corrected chi connectivity index (χ3v) is 11.6. The summed E-state index contributed by atoms with van der Waals surface area (Å²) in [5, 5.41) is 12.5. The van der Waals surface area contributed by atoms with Gasteiger partial charge in [0.2, 0.25) is 0 Å². The van der Waals surface area contributed by atoms with Gasteiger partial charge in [0.1, 0.15) is 11.2 Å². The van der Waals surface area contributed by atoms with Crippen LogP contribution in [0, 0.1) is 0 Å². The molecule has 0 atom stereocenters. The second-order valence-electron chi connectivity index (χ2n) is 13.3. The average molecular weight is 668 g/mol. The lowest BCUT2D eigenvalue weighted by Crippen LogP contribution is -2.09. The summed E-state index contributed by atoms with van der Waals surface area (Å²) in [5.74, 6) is 0. The van der Waals surface area contributed by atoms with E-state index in [1.165, 1.54) is 63.6 Å². The van der Waals surface area contributed by atoms with Gasteiger partial charge in [0, 0.05) is 54.1 Å². The van der Waals surface area contributed by atoms with Gasteiger partial charge in [0.15, 0.2) is 0 Å². The number of rotatable bonds is 4. The molecule has 0 aliphatic heterocycles. The van der Waals surface area contributed by atoms with Crippen LogP contribution in [-0.4, -0.2) is 0 Å². The number of furan rings is 1. The number of hydrogen-bond acceptors (Lipinski definition) is 3. The van der Waals surface area contributed by atoms with Gasteiger partial charge >= 0.3 is 0 Å². The Morgan fingerprint density at radius 1 is 0.373 bits per heavy atom. The summed E-state index contributed by atoms with van der Waals surface area (Å²) in [5.41, 5.74) is 7.47. The lowest BCUT2D eigenvalue weighted by Gasteiger charge is -2.26. The summed E-state index contributed by atoms with van der Waals surface area (Å²) in [6, 6.07) is 63.8. The van der Waals surface area contributed by atoms with Crippen molar-refractivity contribution in [2.45, 2.75) is 0 Å². The fraction of sp³-hybridized carbons (Fsp3) is 0. The van der Waals surface area contributed by atoms with Crippen molar-refractivity contribution in [1.29, 1.82) is 0 Å². The van der Waals surface area contributed by atoms with Gasteiger partial charge in [-0.05, 0) is 98.0 Å². The lowest BCUT2D eigenvalue weighted by molar-refractivity contribution is 0.669. The molecule has 9 aromatic carbocycles. The Morgan fingerprint density at radius 3 is 1.84 bits per heavy atom. The van der Waals surface area contributed by atoms with Crippen LogP contribution in [0.15, 0.2) is 180 Å². The smallest absolute Gasteiger partial charge is 0.137 e. The molecule has 11 rings (SSSR count).